The lowest BCUT2D eigenvalue weighted by molar-refractivity contribution is -0.112. The Kier molecular flexibility index (Phi) is 3.43. The van der Waals surface area contributed by atoms with Gasteiger partial charge < -0.3 is 10.4 Å². The smallest absolute Gasteiger partial charge is 0.248 e. The lowest BCUT2D eigenvalue weighted by Gasteiger charge is -2.00. The molecule has 0 spiro atoms. The number of carbonyl (C=O) groups excluding carboxylic acids is 2. The molecule has 0 aromatic heterocycles. The average molecular weight is 191 g/mol. The standard InChI is InChI=1S/C10H9NO3/c12-7-1-2-10(14)11-8-3-5-9(13)6-4-8/h1-7,13H,(H,11,14)/b2-1-. The fourth-order valence-electron chi connectivity index (χ4n) is 0.855. The minimum atomic E-state index is -0.386. The molecule has 2 N–H and O–H groups in total. The molecule has 0 atom stereocenters. The van der Waals surface area contributed by atoms with Crippen LogP contribution in [0.4, 0.5) is 5.69 Å². The first-order valence-electron chi connectivity index (χ1n) is 3.94. The zero-order valence-corrected chi connectivity index (χ0v) is 7.31. The molecule has 0 aliphatic carbocycles. The Bertz CT molecular complexity index is 354. The molecule has 0 saturated heterocycles. The number of hydrogen-bond acceptors (Lipinski definition) is 3. The highest BCUT2D eigenvalue weighted by Gasteiger charge is 1.96. The van der Waals surface area contributed by atoms with Gasteiger partial charge >= 0.3 is 0 Å². The molecule has 0 saturated carbocycles. The van der Waals surface area contributed by atoms with Gasteiger partial charge in [-0.15, -0.1) is 0 Å². The topological polar surface area (TPSA) is 66.4 Å². The second-order valence-corrected chi connectivity index (χ2v) is 2.53. The summed E-state index contributed by atoms with van der Waals surface area (Å²) in [6.07, 6.45) is 2.76. The zero-order valence-electron chi connectivity index (χ0n) is 7.31. The number of nitrogens with one attached hydrogen (secondary N) is 1. The van der Waals surface area contributed by atoms with Gasteiger partial charge in [-0.1, -0.05) is 0 Å². The van der Waals surface area contributed by atoms with Crippen molar-refractivity contribution >= 4 is 17.9 Å². The Balaban J connectivity index is 2.60. The Hall–Kier alpha value is -2.10. The molecule has 0 heterocycles. The SMILES string of the molecule is O=C/C=C\C(=O)Nc1ccc(O)cc1. The summed E-state index contributed by atoms with van der Waals surface area (Å²) < 4.78 is 0. The van der Waals surface area contributed by atoms with Gasteiger partial charge in [0.1, 0.15) is 12.0 Å². The Morgan fingerprint density at radius 3 is 2.50 bits per heavy atom. The van der Waals surface area contributed by atoms with Crippen molar-refractivity contribution in [3.8, 4) is 5.75 Å². The number of rotatable bonds is 3. The molecular weight excluding hydrogens is 182 g/mol. The van der Waals surface area contributed by atoms with Gasteiger partial charge in [0.25, 0.3) is 0 Å². The van der Waals surface area contributed by atoms with Crippen LogP contribution in [0.15, 0.2) is 36.4 Å². The number of carbonyl (C=O) groups is 2. The molecule has 1 rings (SSSR count). The van der Waals surface area contributed by atoms with Crippen LogP contribution in [0.2, 0.25) is 0 Å². The Morgan fingerprint density at radius 1 is 1.29 bits per heavy atom. The highest BCUT2D eigenvalue weighted by Crippen LogP contribution is 2.13. The Labute approximate surface area is 80.9 Å². The molecule has 0 aliphatic rings. The molecule has 0 bridgehead atoms. The summed E-state index contributed by atoms with van der Waals surface area (Å²) in [5.74, 6) is -0.255. The second kappa shape index (κ2) is 4.81. The predicted octanol–water partition coefficient (Wildman–Crippen LogP) is 1.09. The van der Waals surface area contributed by atoms with Crippen molar-refractivity contribution in [2.45, 2.75) is 0 Å². The van der Waals surface area contributed by atoms with Crippen LogP contribution in [0.1, 0.15) is 0 Å². The second-order valence-electron chi connectivity index (χ2n) is 2.53. The highest BCUT2D eigenvalue weighted by molar-refractivity contribution is 6.01. The average Bonchev–Trinajstić information content (AvgIpc) is 2.18. The lowest BCUT2D eigenvalue weighted by atomic mass is 10.3. The number of aromatic hydroxyl groups is 1. The maximum absolute atomic E-state index is 11.0. The summed E-state index contributed by atoms with van der Waals surface area (Å²) in [7, 11) is 0. The molecule has 14 heavy (non-hydrogen) atoms. The third-order valence-electron chi connectivity index (χ3n) is 1.46. The first kappa shape index (κ1) is 9.98. The van der Waals surface area contributed by atoms with Crippen LogP contribution in [-0.2, 0) is 9.59 Å². The summed E-state index contributed by atoms with van der Waals surface area (Å²) in [5, 5.41) is 11.5. The van der Waals surface area contributed by atoms with E-state index in [1.807, 2.05) is 0 Å². The fourth-order valence-corrected chi connectivity index (χ4v) is 0.855. The molecule has 4 heteroatoms. The van der Waals surface area contributed by atoms with E-state index in [2.05, 4.69) is 5.32 Å². The maximum atomic E-state index is 11.0. The largest absolute Gasteiger partial charge is 0.508 e. The molecule has 0 aliphatic heterocycles. The van der Waals surface area contributed by atoms with Gasteiger partial charge in [-0.2, -0.15) is 0 Å². The van der Waals surface area contributed by atoms with Crippen molar-refractivity contribution in [3.63, 3.8) is 0 Å². The summed E-state index contributed by atoms with van der Waals surface area (Å²) in [4.78, 5) is 20.9. The number of hydrogen-bond donors (Lipinski definition) is 2. The number of amides is 1. The number of anilines is 1. The van der Waals surface area contributed by atoms with Gasteiger partial charge in [-0.05, 0) is 30.3 Å². The third kappa shape index (κ3) is 3.10. The van der Waals surface area contributed by atoms with Crippen LogP contribution >= 0.6 is 0 Å². The van der Waals surface area contributed by atoms with Crippen molar-refractivity contribution in [3.05, 3.63) is 36.4 Å². The monoisotopic (exact) mass is 191 g/mol. The number of phenols is 1. The lowest BCUT2D eigenvalue weighted by Crippen LogP contribution is -2.07. The Morgan fingerprint density at radius 2 is 1.93 bits per heavy atom. The molecule has 0 fully saturated rings. The van der Waals surface area contributed by atoms with Crippen molar-refractivity contribution in [2.75, 3.05) is 5.32 Å². The van der Waals surface area contributed by atoms with Crippen LogP contribution in [0.5, 0.6) is 5.75 Å². The van der Waals surface area contributed by atoms with Crippen molar-refractivity contribution in [1.29, 1.82) is 0 Å². The number of aldehydes is 1. The minimum Gasteiger partial charge on any atom is -0.508 e. The van der Waals surface area contributed by atoms with Gasteiger partial charge in [-0.3, -0.25) is 9.59 Å². The summed E-state index contributed by atoms with van der Waals surface area (Å²) in [5.41, 5.74) is 0.559. The number of allylic oxidation sites excluding steroid dienone is 1. The fraction of sp³-hybridized carbons (Fsp3) is 0. The van der Waals surface area contributed by atoms with Gasteiger partial charge in [0.2, 0.25) is 5.91 Å². The van der Waals surface area contributed by atoms with Gasteiger partial charge in [-0.25, -0.2) is 0 Å². The van der Waals surface area contributed by atoms with Crippen molar-refractivity contribution < 1.29 is 14.7 Å². The van der Waals surface area contributed by atoms with E-state index in [4.69, 9.17) is 5.11 Å². The summed E-state index contributed by atoms with van der Waals surface area (Å²) >= 11 is 0. The first-order valence-corrected chi connectivity index (χ1v) is 3.94. The molecule has 1 amide bonds. The molecule has 4 nitrogen and oxygen atoms in total. The molecule has 0 radical (unpaired) electrons. The number of phenolic OH excluding ortho intramolecular Hbond substituents is 1. The van der Waals surface area contributed by atoms with Crippen molar-refractivity contribution in [1.82, 2.24) is 0 Å². The minimum absolute atomic E-state index is 0.131. The van der Waals surface area contributed by atoms with Crippen LogP contribution in [0, 0.1) is 0 Å². The van der Waals surface area contributed by atoms with E-state index >= 15 is 0 Å². The van der Waals surface area contributed by atoms with Gasteiger partial charge in [0.05, 0.1) is 0 Å². The summed E-state index contributed by atoms with van der Waals surface area (Å²) in [6.45, 7) is 0. The van der Waals surface area contributed by atoms with E-state index in [1.165, 1.54) is 12.1 Å². The van der Waals surface area contributed by atoms with E-state index in [0.29, 0.717) is 12.0 Å². The van der Waals surface area contributed by atoms with Gasteiger partial charge in [0.15, 0.2) is 0 Å². The first-order chi connectivity index (χ1) is 6.72. The highest BCUT2D eigenvalue weighted by atomic mass is 16.3. The van der Waals surface area contributed by atoms with E-state index < -0.39 is 0 Å². The van der Waals surface area contributed by atoms with Crippen LogP contribution in [0.3, 0.4) is 0 Å². The molecule has 0 unspecified atom stereocenters. The quantitative estimate of drug-likeness (QED) is 0.427. The summed E-state index contributed by atoms with van der Waals surface area (Å²) in [6, 6.07) is 6.03. The molecule has 1 aromatic rings. The molecule has 1 aromatic carbocycles. The van der Waals surface area contributed by atoms with Gasteiger partial charge in [0, 0.05) is 11.8 Å². The molecule has 72 valence electrons. The van der Waals surface area contributed by atoms with E-state index in [-0.39, 0.29) is 11.7 Å². The van der Waals surface area contributed by atoms with E-state index in [1.54, 1.807) is 12.1 Å². The maximum Gasteiger partial charge on any atom is 0.248 e. The number of benzene rings is 1. The zero-order chi connectivity index (χ0) is 10.4. The molecular formula is C10H9NO3. The predicted molar refractivity (Wildman–Crippen MR) is 51.9 cm³/mol. The van der Waals surface area contributed by atoms with Crippen molar-refractivity contribution in [2.24, 2.45) is 0 Å². The van der Waals surface area contributed by atoms with E-state index in [9.17, 15) is 9.59 Å². The van der Waals surface area contributed by atoms with Crippen LogP contribution in [-0.4, -0.2) is 17.3 Å². The normalized spacial score (nSPS) is 10.0. The van der Waals surface area contributed by atoms with Crippen LogP contribution in [0.25, 0.3) is 0 Å². The van der Waals surface area contributed by atoms with E-state index in [0.717, 1.165) is 12.2 Å². The third-order valence-corrected chi connectivity index (χ3v) is 1.46. The van der Waals surface area contributed by atoms with Crippen LogP contribution < -0.4 is 5.32 Å².